The maximum Gasteiger partial charge on any atom is 0.261 e. The highest BCUT2D eigenvalue weighted by Gasteiger charge is 2.54. The van der Waals surface area contributed by atoms with E-state index in [1.807, 2.05) is 0 Å². The van der Waals surface area contributed by atoms with Gasteiger partial charge in [-0.05, 0) is 37.1 Å². The molecule has 17 heavy (non-hydrogen) atoms. The van der Waals surface area contributed by atoms with Gasteiger partial charge in [-0.1, -0.05) is 0 Å². The summed E-state index contributed by atoms with van der Waals surface area (Å²) in [6.45, 7) is 1.64. The van der Waals surface area contributed by atoms with Crippen LogP contribution in [-0.2, 0) is 10.0 Å². The second kappa shape index (κ2) is 3.72. The van der Waals surface area contributed by atoms with Crippen LogP contribution >= 0.6 is 0 Å². The lowest BCUT2D eigenvalue weighted by molar-refractivity contribution is 0.536. The lowest BCUT2D eigenvalue weighted by atomic mass is 10.4. The molecule has 3 rings (SSSR count). The number of hydrogen-bond donors (Lipinski definition) is 2. The van der Waals surface area contributed by atoms with Crippen molar-refractivity contribution in [2.45, 2.75) is 11.1 Å². The first-order chi connectivity index (χ1) is 8.09. The van der Waals surface area contributed by atoms with Crippen LogP contribution in [0.3, 0.4) is 0 Å². The van der Waals surface area contributed by atoms with Crippen molar-refractivity contribution in [2.75, 3.05) is 13.1 Å². The van der Waals surface area contributed by atoms with Gasteiger partial charge >= 0.3 is 0 Å². The Morgan fingerprint density at radius 2 is 2.12 bits per heavy atom. The molecule has 1 saturated heterocycles. The summed E-state index contributed by atoms with van der Waals surface area (Å²) in [7, 11) is -3.83. The SMILES string of the molecule is O=S(=O)(NC1C2CNCC21)c1ncccc1F. The van der Waals surface area contributed by atoms with Crippen LogP contribution in [-0.4, -0.2) is 32.5 Å². The van der Waals surface area contributed by atoms with E-state index in [1.165, 1.54) is 12.3 Å². The summed E-state index contributed by atoms with van der Waals surface area (Å²) in [5, 5.41) is 2.65. The van der Waals surface area contributed by atoms with Crippen molar-refractivity contribution in [1.29, 1.82) is 0 Å². The molecule has 1 saturated carbocycles. The fourth-order valence-corrected chi connectivity index (χ4v) is 3.74. The number of nitrogens with one attached hydrogen (secondary N) is 2. The zero-order valence-corrected chi connectivity index (χ0v) is 9.74. The van der Waals surface area contributed by atoms with Crippen molar-refractivity contribution in [3.05, 3.63) is 24.1 Å². The van der Waals surface area contributed by atoms with Crippen LogP contribution in [0.2, 0.25) is 0 Å². The van der Waals surface area contributed by atoms with Gasteiger partial charge in [0.2, 0.25) is 5.03 Å². The summed E-state index contributed by atoms with van der Waals surface area (Å²) in [6.07, 6.45) is 1.27. The van der Waals surface area contributed by atoms with Crippen LogP contribution < -0.4 is 10.0 Å². The molecule has 2 heterocycles. The first kappa shape index (κ1) is 11.1. The van der Waals surface area contributed by atoms with Gasteiger partial charge in [0, 0.05) is 12.2 Å². The normalized spacial score (nSPS) is 31.2. The van der Waals surface area contributed by atoms with E-state index in [0.29, 0.717) is 11.8 Å². The van der Waals surface area contributed by atoms with Crippen LogP contribution in [0, 0.1) is 17.7 Å². The number of halogens is 1. The molecule has 2 aliphatic rings. The third kappa shape index (κ3) is 1.84. The third-order valence-electron chi connectivity index (χ3n) is 3.36. The molecule has 0 bridgehead atoms. The minimum atomic E-state index is -3.83. The molecule has 0 radical (unpaired) electrons. The van der Waals surface area contributed by atoms with E-state index in [1.54, 1.807) is 0 Å². The number of hydrogen-bond acceptors (Lipinski definition) is 4. The van der Waals surface area contributed by atoms with Gasteiger partial charge < -0.3 is 5.32 Å². The highest BCUT2D eigenvalue weighted by Crippen LogP contribution is 2.42. The largest absolute Gasteiger partial charge is 0.316 e. The summed E-state index contributed by atoms with van der Waals surface area (Å²) >= 11 is 0. The standard InChI is InChI=1S/C10H12FN3O2S/c11-8-2-1-3-13-10(8)17(15,16)14-9-6-4-12-5-7(6)9/h1-3,6-7,9,12,14H,4-5H2. The average molecular weight is 257 g/mol. The second-order valence-corrected chi connectivity index (χ2v) is 6.05. The van der Waals surface area contributed by atoms with Gasteiger partial charge in [0.25, 0.3) is 10.0 Å². The van der Waals surface area contributed by atoms with Crippen LogP contribution in [0.4, 0.5) is 4.39 Å². The lowest BCUT2D eigenvalue weighted by Crippen LogP contribution is -2.33. The Hall–Kier alpha value is -1.05. The number of nitrogens with zero attached hydrogens (tertiary/aromatic N) is 1. The average Bonchev–Trinajstić information content (AvgIpc) is 2.75. The maximum absolute atomic E-state index is 13.4. The molecule has 2 N–H and O–H groups in total. The van der Waals surface area contributed by atoms with Crippen molar-refractivity contribution < 1.29 is 12.8 Å². The van der Waals surface area contributed by atoms with E-state index in [0.717, 1.165) is 19.2 Å². The summed E-state index contributed by atoms with van der Waals surface area (Å²) in [5.74, 6) is -0.128. The zero-order valence-electron chi connectivity index (χ0n) is 8.93. The van der Waals surface area contributed by atoms with Crippen LogP contribution in [0.1, 0.15) is 0 Å². The van der Waals surface area contributed by atoms with Gasteiger partial charge in [-0.2, -0.15) is 0 Å². The minimum Gasteiger partial charge on any atom is -0.316 e. The fraction of sp³-hybridized carbons (Fsp3) is 0.500. The predicted octanol–water partition coefficient (Wildman–Crippen LogP) is -0.283. The highest BCUT2D eigenvalue weighted by atomic mass is 32.2. The van der Waals surface area contributed by atoms with E-state index < -0.39 is 20.9 Å². The molecule has 92 valence electrons. The van der Waals surface area contributed by atoms with E-state index in [2.05, 4.69) is 15.0 Å². The monoisotopic (exact) mass is 257 g/mol. The van der Waals surface area contributed by atoms with E-state index in [-0.39, 0.29) is 6.04 Å². The molecule has 1 aromatic rings. The quantitative estimate of drug-likeness (QED) is 0.781. The van der Waals surface area contributed by atoms with Crippen molar-refractivity contribution in [3.8, 4) is 0 Å². The van der Waals surface area contributed by atoms with E-state index >= 15 is 0 Å². The van der Waals surface area contributed by atoms with Crippen LogP contribution in [0.5, 0.6) is 0 Å². The van der Waals surface area contributed by atoms with Crippen molar-refractivity contribution >= 4 is 10.0 Å². The summed E-state index contributed by atoms with van der Waals surface area (Å²) in [6, 6.07) is 2.39. The Bertz CT molecular complexity index is 538. The van der Waals surface area contributed by atoms with Gasteiger partial charge in [-0.15, -0.1) is 0 Å². The Kier molecular flexibility index (Phi) is 2.42. The first-order valence-electron chi connectivity index (χ1n) is 5.43. The molecular formula is C10H12FN3O2S. The Morgan fingerprint density at radius 3 is 2.76 bits per heavy atom. The Labute approximate surface area is 98.5 Å². The number of piperidine rings is 1. The molecule has 7 heteroatoms. The van der Waals surface area contributed by atoms with E-state index in [4.69, 9.17) is 0 Å². The molecule has 2 unspecified atom stereocenters. The van der Waals surface area contributed by atoms with Crippen LogP contribution in [0.25, 0.3) is 0 Å². The molecule has 0 spiro atoms. The summed E-state index contributed by atoms with van der Waals surface area (Å²) in [5.41, 5.74) is 0. The Balaban J connectivity index is 1.80. The van der Waals surface area contributed by atoms with Crippen molar-refractivity contribution in [2.24, 2.45) is 11.8 Å². The van der Waals surface area contributed by atoms with Crippen LogP contribution in [0.15, 0.2) is 23.4 Å². The maximum atomic E-state index is 13.4. The summed E-state index contributed by atoms with van der Waals surface area (Å²) < 4.78 is 39.7. The number of pyridine rings is 1. The lowest BCUT2D eigenvalue weighted by Gasteiger charge is -2.08. The zero-order chi connectivity index (χ0) is 12.0. The number of rotatable bonds is 3. The smallest absolute Gasteiger partial charge is 0.261 e. The third-order valence-corrected chi connectivity index (χ3v) is 4.75. The van der Waals surface area contributed by atoms with Gasteiger partial charge in [-0.3, -0.25) is 0 Å². The molecule has 0 aromatic carbocycles. The van der Waals surface area contributed by atoms with Gasteiger partial charge in [0.05, 0.1) is 0 Å². The molecule has 1 aliphatic carbocycles. The molecule has 2 atom stereocenters. The van der Waals surface area contributed by atoms with Gasteiger partial charge in [-0.25, -0.2) is 22.5 Å². The minimum absolute atomic E-state index is 0.0670. The number of aromatic nitrogens is 1. The number of sulfonamides is 1. The molecule has 2 fully saturated rings. The highest BCUT2D eigenvalue weighted by molar-refractivity contribution is 7.89. The van der Waals surface area contributed by atoms with Gasteiger partial charge in [0.1, 0.15) is 0 Å². The first-order valence-corrected chi connectivity index (χ1v) is 6.91. The van der Waals surface area contributed by atoms with Crippen molar-refractivity contribution in [1.82, 2.24) is 15.0 Å². The molecule has 1 aromatic heterocycles. The van der Waals surface area contributed by atoms with E-state index in [9.17, 15) is 12.8 Å². The summed E-state index contributed by atoms with van der Waals surface area (Å²) in [4.78, 5) is 3.58. The molecule has 5 nitrogen and oxygen atoms in total. The fourth-order valence-electron chi connectivity index (χ4n) is 2.40. The van der Waals surface area contributed by atoms with Crippen molar-refractivity contribution in [3.63, 3.8) is 0 Å². The molecular weight excluding hydrogens is 245 g/mol. The predicted molar refractivity (Wildman–Crippen MR) is 58.2 cm³/mol. The van der Waals surface area contributed by atoms with Gasteiger partial charge in [0.15, 0.2) is 5.82 Å². The Morgan fingerprint density at radius 1 is 1.41 bits per heavy atom. The second-order valence-electron chi connectivity index (χ2n) is 4.42. The molecule has 0 amide bonds. The topological polar surface area (TPSA) is 71.1 Å². The molecule has 1 aliphatic heterocycles. The number of fused-ring (bicyclic) bond motifs is 1.